The van der Waals surface area contributed by atoms with Crippen molar-refractivity contribution < 1.29 is 23.8 Å². The summed E-state index contributed by atoms with van der Waals surface area (Å²) in [5.41, 5.74) is 1.42. The maximum Gasteiger partial charge on any atom is 0.243 e. The Labute approximate surface area is 173 Å². The number of carbonyl (C=O) groups excluding carboxylic acids is 2. The van der Waals surface area contributed by atoms with Crippen molar-refractivity contribution in [3.63, 3.8) is 0 Å². The topological polar surface area (TPSA) is 85.9 Å². The summed E-state index contributed by atoms with van der Waals surface area (Å²) in [5, 5.41) is 5.84. The highest BCUT2D eigenvalue weighted by Crippen LogP contribution is 2.37. The van der Waals surface area contributed by atoms with Crippen LogP contribution < -0.4 is 24.8 Å². The molecule has 1 aliphatic rings. The highest BCUT2D eigenvalue weighted by molar-refractivity contribution is 6.05. The molecule has 0 atom stereocenters. The van der Waals surface area contributed by atoms with E-state index >= 15 is 0 Å². The molecule has 1 amide bonds. The Balaban J connectivity index is 1.45. The largest absolute Gasteiger partial charge is 0.455 e. The molecule has 30 heavy (non-hydrogen) atoms. The van der Waals surface area contributed by atoms with Crippen LogP contribution in [0.4, 0.5) is 11.4 Å². The minimum atomic E-state index is -0.314. The summed E-state index contributed by atoms with van der Waals surface area (Å²) in [7, 11) is 0. The Bertz CT molecular complexity index is 1080. The Morgan fingerprint density at radius 3 is 2.40 bits per heavy atom. The molecule has 0 fully saturated rings. The van der Waals surface area contributed by atoms with Crippen molar-refractivity contribution in [2.24, 2.45) is 0 Å². The molecule has 3 aromatic carbocycles. The SMILES string of the molecule is CC(=O)c1cc2c(cc1NC(=O)CNc1ccccc1Oc1ccccc1)OCO2. The molecule has 0 radical (unpaired) electrons. The van der Waals surface area contributed by atoms with Crippen LogP contribution >= 0.6 is 0 Å². The zero-order chi connectivity index (χ0) is 20.9. The first kappa shape index (κ1) is 19.3. The lowest BCUT2D eigenvalue weighted by molar-refractivity contribution is -0.114. The molecular formula is C23H20N2O5. The van der Waals surface area contributed by atoms with Crippen LogP contribution in [0.15, 0.2) is 66.7 Å². The molecule has 0 aromatic heterocycles. The summed E-state index contributed by atoms with van der Waals surface area (Å²) in [4.78, 5) is 24.5. The maximum atomic E-state index is 12.5. The second-order valence-corrected chi connectivity index (χ2v) is 6.62. The highest BCUT2D eigenvalue weighted by Gasteiger charge is 2.20. The summed E-state index contributed by atoms with van der Waals surface area (Å²) in [5.74, 6) is 1.78. The molecule has 0 unspecified atom stereocenters. The monoisotopic (exact) mass is 404 g/mol. The first-order chi connectivity index (χ1) is 14.6. The van der Waals surface area contributed by atoms with Gasteiger partial charge >= 0.3 is 0 Å². The maximum absolute atomic E-state index is 12.5. The molecule has 0 spiro atoms. The second-order valence-electron chi connectivity index (χ2n) is 6.62. The molecule has 4 rings (SSSR count). The van der Waals surface area contributed by atoms with E-state index < -0.39 is 0 Å². The van der Waals surface area contributed by atoms with E-state index in [0.717, 1.165) is 0 Å². The van der Waals surface area contributed by atoms with Crippen LogP contribution in [0, 0.1) is 0 Å². The Morgan fingerprint density at radius 1 is 0.933 bits per heavy atom. The Hall–Kier alpha value is -4.00. The van der Waals surface area contributed by atoms with Gasteiger partial charge in [0.2, 0.25) is 12.7 Å². The number of hydrogen-bond donors (Lipinski definition) is 2. The number of rotatable bonds is 7. The number of para-hydroxylation sites is 3. The zero-order valence-electron chi connectivity index (χ0n) is 16.3. The molecule has 7 nitrogen and oxygen atoms in total. The molecular weight excluding hydrogens is 384 g/mol. The van der Waals surface area contributed by atoms with Crippen LogP contribution in [-0.2, 0) is 4.79 Å². The number of benzene rings is 3. The zero-order valence-corrected chi connectivity index (χ0v) is 16.3. The average molecular weight is 404 g/mol. The van der Waals surface area contributed by atoms with Gasteiger partial charge in [-0.05, 0) is 37.3 Å². The predicted octanol–water partition coefficient (Wildman–Crippen LogP) is 4.46. The molecule has 1 heterocycles. The van der Waals surface area contributed by atoms with Crippen LogP contribution in [0.1, 0.15) is 17.3 Å². The van der Waals surface area contributed by atoms with Crippen LogP contribution in [0.5, 0.6) is 23.0 Å². The number of nitrogens with one attached hydrogen (secondary N) is 2. The van der Waals surface area contributed by atoms with Gasteiger partial charge in [0.1, 0.15) is 5.75 Å². The number of ketones is 1. The van der Waals surface area contributed by atoms with Gasteiger partial charge in [0.15, 0.2) is 23.0 Å². The summed E-state index contributed by atoms with van der Waals surface area (Å²) in [6, 6.07) is 19.9. The Morgan fingerprint density at radius 2 is 1.63 bits per heavy atom. The standard InChI is InChI=1S/C23H20N2O5/c1-15(26)17-11-21-22(29-14-28-21)12-19(17)25-23(27)13-24-18-9-5-6-10-20(18)30-16-7-3-2-4-8-16/h2-12,24H,13-14H2,1H3,(H,25,27). The smallest absolute Gasteiger partial charge is 0.243 e. The molecule has 3 aromatic rings. The van der Waals surface area contributed by atoms with E-state index in [1.165, 1.54) is 6.92 Å². The van der Waals surface area contributed by atoms with E-state index in [1.54, 1.807) is 12.1 Å². The molecule has 2 N–H and O–H groups in total. The molecule has 0 saturated carbocycles. The van der Waals surface area contributed by atoms with E-state index in [1.807, 2.05) is 54.6 Å². The van der Waals surface area contributed by atoms with Gasteiger partial charge in [0.05, 0.1) is 17.9 Å². The van der Waals surface area contributed by atoms with Gasteiger partial charge in [0, 0.05) is 11.6 Å². The van der Waals surface area contributed by atoms with Crippen molar-refractivity contribution >= 4 is 23.1 Å². The lowest BCUT2D eigenvalue weighted by Crippen LogP contribution is -2.23. The van der Waals surface area contributed by atoms with Crippen molar-refractivity contribution in [3.8, 4) is 23.0 Å². The summed E-state index contributed by atoms with van der Waals surface area (Å²) >= 11 is 0. The third-order valence-electron chi connectivity index (χ3n) is 4.46. The van der Waals surface area contributed by atoms with Crippen molar-refractivity contribution in [2.45, 2.75) is 6.92 Å². The quantitative estimate of drug-likeness (QED) is 0.566. The normalized spacial score (nSPS) is 11.6. The number of fused-ring (bicyclic) bond motifs is 1. The van der Waals surface area contributed by atoms with Gasteiger partial charge in [-0.3, -0.25) is 9.59 Å². The number of hydrogen-bond acceptors (Lipinski definition) is 6. The van der Waals surface area contributed by atoms with E-state index in [2.05, 4.69) is 10.6 Å². The molecule has 0 saturated heterocycles. The second kappa shape index (κ2) is 8.57. The van der Waals surface area contributed by atoms with Crippen molar-refractivity contribution in [1.82, 2.24) is 0 Å². The lowest BCUT2D eigenvalue weighted by Gasteiger charge is -2.14. The third kappa shape index (κ3) is 4.35. The van der Waals surface area contributed by atoms with Gasteiger partial charge in [-0.15, -0.1) is 0 Å². The lowest BCUT2D eigenvalue weighted by atomic mass is 10.1. The summed E-state index contributed by atoms with van der Waals surface area (Å²) in [6.07, 6.45) is 0. The van der Waals surface area contributed by atoms with Gasteiger partial charge in [-0.1, -0.05) is 30.3 Å². The van der Waals surface area contributed by atoms with Crippen molar-refractivity contribution in [3.05, 3.63) is 72.3 Å². The first-order valence-electron chi connectivity index (χ1n) is 9.40. The van der Waals surface area contributed by atoms with Crippen LogP contribution in [0.2, 0.25) is 0 Å². The molecule has 0 aliphatic carbocycles. The fourth-order valence-corrected chi connectivity index (χ4v) is 3.02. The van der Waals surface area contributed by atoms with Crippen molar-refractivity contribution in [1.29, 1.82) is 0 Å². The fourth-order valence-electron chi connectivity index (χ4n) is 3.02. The molecule has 1 aliphatic heterocycles. The first-order valence-corrected chi connectivity index (χ1v) is 9.40. The van der Waals surface area contributed by atoms with Crippen LogP contribution in [0.25, 0.3) is 0 Å². The number of amides is 1. The van der Waals surface area contributed by atoms with Gasteiger partial charge in [0.25, 0.3) is 0 Å². The third-order valence-corrected chi connectivity index (χ3v) is 4.46. The van der Waals surface area contributed by atoms with Gasteiger partial charge < -0.3 is 24.8 Å². The number of ether oxygens (including phenoxy) is 3. The van der Waals surface area contributed by atoms with Gasteiger partial charge in [-0.2, -0.15) is 0 Å². The molecule has 0 bridgehead atoms. The Kier molecular flexibility index (Phi) is 5.52. The summed E-state index contributed by atoms with van der Waals surface area (Å²) < 4.78 is 16.5. The number of anilines is 2. The highest BCUT2D eigenvalue weighted by atomic mass is 16.7. The van der Waals surface area contributed by atoms with E-state index in [9.17, 15) is 9.59 Å². The average Bonchev–Trinajstić information content (AvgIpc) is 3.20. The van der Waals surface area contributed by atoms with E-state index in [0.29, 0.717) is 39.9 Å². The minimum Gasteiger partial charge on any atom is -0.455 e. The number of carbonyl (C=O) groups is 2. The van der Waals surface area contributed by atoms with E-state index in [4.69, 9.17) is 14.2 Å². The molecule has 7 heteroatoms. The van der Waals surface area contributed by atoms with Gasteiger partial charge in [-0.25, -0.2) is 0 Å². The van der Waals surface area contributed by atoms with Crippen LogP contribution in [0.3, 0.4) is 0 Å². The van der Waals surface area contributed by atoms with E-state index in [-0.39, 0.29) is 25.0 Å². The van der Waals surface area contributed by atoms with Crippen molar-refractivity contribution in [2.75, 3.05) is 24.0 Å². The van der Waals surface area contributed by atoms with Crippen LogP contribution in [-0.4, -0.2) is 25.0 Å². The minimum absolute atomic E-state index is 0.0129. The summed E-state index contributed by atoms with van der Waals surface area (Å²) in [6.45, 7) is 1.51. The molecule has 152 valence electrons. The fraction of sp³-hybridized carbons (Fsp3) is 0.130. The number of Topliss-reactive ketones (excluding diaryl/α,β-unsaturated/α-hetero) is 1. The predicted molar refractivity (Wildman–Crippen MR) is 113 cm³/mol.